The highest BCUT2D eigenvalue weighted by Crippen LogP contribution is 2.39. The fourth-order valence-electron chi connectivity index (χ4n) is 6.49. The molecule has 40 heavy (non-hydrogen) atoms. The maximum absolute atomic E-state index is 16.3. The van der Waals surface area contributed by atoms with Crippen molar-refractivity contribution in [3.63, 3.8) is 0 Å². The van der Waals surface area contributed by atoms with E-state index in [0.717, 1.165) is 45.2 Å². The van der Waals surface area contributed by atoms with Gasteiger partial charge in [0.1, 0.15) is 35.2 Å². The highest BCUT2D eigenvalue weighted by atomic mass is 32.2. The molecule has 0 spiro atoms. The summed E-state index contributed by atoms with van der Waals surface area (Å²) in [7, 11) is 0. The Labute approximate surface area is 233 Å². The molecule has 4 aromatic rings. The number of rotatable bonds is 7. The summed E-state index contributed by atoms with van der Waals surface area (Å²) in [5.74, 6) is -0.119. The highest BCUT2D eigenvalue weighted by molar-refractivity contribution is 7.89. The van der Waals surface area contributed by atoms with E-state index in [1.165, 1.54) is 12.3 Å². The van der Waals surface area contributed by atoms with Gasteiger partial charge < -0.3 is 14.6 Å². The lowest BCUT2D eigenvalue weighted by Gasteiger charge is -2.31. The molecule has 5 heterocycles. The van der Waals surface area contributed by atoms with Gasteiger partial charge in [0.05, 0.1) is 17.0 Å². The standard InChI is InChI=1S/C29H30F2N6O2S/c30-22-8-2-6-18-5-1-7-20(23(18)22)25-24(31)26-21(16-32-25)27(33-15-19-9-14-40(38)36-19)35-28(34-26)39-17-29-10-3-12-37(29)13-4-11-29/h1-2,5-8,16,19,36H,3-4,9-15,17H2,(H,33,34,35). The molecule has 2 aromatic carbocycles. The number of anilines is 1. The number of nitrogens with zero attached hydrogens (tertiary/aromatic N) is 4. The number of nitrogens with one attached hydrogen (secondary N) is 2. The van der Waals surface area contributed by atoms with Crippen LogP contribution < -0.4 is 14.8 Å². The summed E-state index contributed by atoms with van der Waals surface area (Å²) >= 11 is -1.05. The Morgan fingerprint density at radius 1 is 1.12 bits per heavy atom. The quantitative estimate of drug-likeness (QED) is 0.315. The van der Waals surface area contributed by atoms with Gasteiger partial charge in [-0.05, 0) is 50.2 Å². The summed E-state index contributed by atoms with van der Waals surface area (Å²) in [6, 6.07) is 10.1. The molecular formula is C29H30F2N6O2S. The topological polar surface area (TPSA) is 98.3 Å². The molecule has 208 valence electrons. The summed E-state index contributed by atoms with van der Waals surface area (Å²) in [6.07, 6.45) is 6.67. The minimum Gasteiger partial charge on any atom is -0.598 e. The lowest BCUT2D eigenvalue weighted by molar-refractivity contribution is 0.108. The third-order valence-electron chi connectivity index (χ3n) is 8.52. The van der Waals surface area contributed by atoms with E-state index < -0.39 is 23.0 Å². The number of aromatic nitrogens is 3. The van der Waals surface area contributed by atoms with Crippen molar-refractivity contribution >= 4 is 38.9 Å². The summed E-state index contributed by atoms with van der Waals surface area (Å²) in [5.41, 5.74) is 0.408. The van der Waals surface area contributed by atoms with Gasteiger partial charge >= 0.3 is 6.01 Å². The predicted molar refractivity (Wildman–Crippen MR) is 151 cm³/mol. The largest absolute Gasteiger partial charge is 0.598 e. The van der Waals surface area contributed by atoms with Crippen LogP contribution in [0.25, 0.3) is 32.9 Å². The van der Waals surface area contributed by atoms with E-state index in [1.807, 2.05) is 0 Å². The lowest BCUT2D eigenvalue weighted by Crippen LogP contribution is -2.43. The van der Waals surface area contributed by atoms with Gasteiger partial charge in [0, 0.05) is 41.5 Å². The molecular weight excluding hydrogens is 534 g/mol. The molecule has 3 aliphatic rings. The molecule has 0 aliphatic carbocycles. The third-order valence-corrected chi connectivity index (χ3v) is 9.72. The smallest absolute Gasteiger partial charge is 0.319 e. The van der Waals surface area contributed by atoms with E-state index in [9.17, 15) is 8.94 Å². The number of hydrogen-bond acceptors (Lipinski definition) is 8. The zero-order valence-electron chi connectivity index (χ0n) is 22.0. The predicted octanol–water partition coefficient (Wildman–Crippen LogP) is 4.57. The number of ether oxygens (including phenoxy) is 1. The van der Waals surface area contributed by atoms with Crippen LogP contribution in [0.15, 0.2) is 42.6 Å². The molecule has 3 aliphatic heterocycles. The monoisotopic (exact) mass is 564 g/mol. The maximum atomic E-state index is 16.3. The van der Waals surface area contributed by atoms with Crippen molar-refractivity contribution in [2.75, 3.05) is 37.3 Å². The maximum Gasteiger partial charge on any atom is 0.319 e. The molecule has 0 saturated carbocycles. The molecule has 2 N–H and O–H groups in total. The molecule has 11 heteroatoms. The summed E-state index contributed by atoms with van der Waals surface area (Å²) in [5, 5.41) is 4.65. The number of pyridine rings is 1. The molecule has 3 saturated heterocycles. The van der Waals surface area contributed by atoms with Gasteiger partial charge in [0.25, 0.3) is 0 Å². The molecule has 0 bridgehead atoms. The van der Waals surface area contributed by atoms with E-state index in [-0.39, 0.29) is 28.8 Å². The van der Waals surface area contributed by atoms with Crippen molar-refractivity contribution in [2.45, 2.75) is 43.7 Å². The Morgan fingerprint density at radius 2 is 1.93 bits per heavy atom. The van der Waals surface area contributed by atoms with Crippen LogP contribution in [0.3, 0.4) is 0 Å². The molecule has 0 amide bonds. The number of fused-ring (bicyclic) bond motifs is 3. The number of benzene rings is 2. The molecule has 3 fully saturated rings. The Morgan fingerprint density at radius 3 is 2.70 bits per heavy atom. The Hall–Kier alpha value is -3.12. The van der Waals surface area contributed by atoms with Crippen molar-refractivity contribution in [1.82, 2.24) is 24.6 Å². The van der Waals surface area contributed by atoms with Crippen LogP contribution in [-0.2, 0) is 11.4 Å². The normalized spacial score (nSPS) is 22.3. The van der Waals surface area contributed by atoms with Crippen LogP contribution >= 0.6 is 0 Å². The van der Waals surface area contributed by atoms with Crippen molar-refractivity contribution in [2.24, 2.45) is 0 Å². The van der Waals surface area contributed by atoms with Gasteiger partial charge in [-0.2, -0.15) is 9.97 Å². The molecule has 7 rings (SSSR count). The first-order valence-corrected chi connectivity index (χ1v) is 15.1. The van der Waals surface area contributed by atoms with E-state index in [4.69, 9.17) is 4.74 Å². The third kappa shape index (κ3) is 4.54. The van der Waals surface area contributed by atoms with Crippen molar-refractivity contribution in [3.05, 3.63) is 54.2 Å². The minimum atomic E-state index is -1.05. The average Bonchev–Trinajstić information content (AvgIpc) is 3.67. The fourth-order valence-corrected chi connectivity index (χ4v) is 7.68. The second-order valence-electron chi connectivity index (χ2n) is 10.9. The van der Waals surface area contributed by atoms with Crippen molar-refractivity contribution < 1.29 is 18.1 Å². The van der Waals surface area contributed by atoms with E-state index in [1.54, 1.807) is 30.3 Å². The van der Waals surface area contributed by atoms with Crippen LogP contribution in [-0.4, -0.2) is 68.0 Å². The molecule has 2 unspecified atom stereocenters. The molecule has 0 radical (unpaired) electrons. The van der Waals surface area contributed by atoms with E-state index in [2.05, 4.69) is 29.9 Å². The van der Waals surface area contributed by atoms with Crippen LogP contribution in [0.4, 0.5) is 14.6 Å². The number of halogens is 2. The number of hydrogen-bond donors (Lipinski definition) is 2. The Balaban J connectivity index is 1.29. The second kappa shape index (κ2) is 10.4. The summed E-state index contributed by atoms with van der Waals surface area (Å²) < 4.78 is 52.3. The van der Waals surface area contributed by atoms with Gasteiger partial charge in [-0.25, -0.2) is 8.78 Å². The van der Waals surface area contributed by atoms with Gasteiger partial charge in [0.15, 0.2) is 5.82 Å². The molecule has 2 aromatic heterocycles. The SMILES string of the molecule is [O-][S+]1CCC(CNc2nc(OCC34CCCN3CCC4)nc3c(F)c(-c4cccc5cccc(F)c45)ncc23)N1. The van der Waals surface area contributed by atoms with Crippen LogP contribution in [0, 0.1) is 11.6 Å². The molecule has 8 nitrogen and oxygen atoms in total. The first kappa shape index (κ1) is 25.8. The van der Waals surface area contributed by atoms with E-state index >= 15 is 4.39 Å². The summed E-state index contributed by atoms with van der Waals surface area (Å²) in [6.45, 7) is 3.02. The zero-order valence-corrected chi connectivity index (χ0v) is 22.8. The van der Waals surface area contributed by atoms with Gasteiger partial charge in [-0.1, -0.05) is 30.3 Å². The Kier molecular flexibility index (Phi) is 6.69. The molecule has 2 atom stereocenters. The van der Waals surface area contributed by atoms with Crippen LogP contribution in [0.2, 0.25) is 0 Å². The zero-order chi connectivity index (χ0) is 27.3. The second-order valence-corrected chi connectivity index (χ2v) is 12.3. The summed E-state index contributed by atoms with van der Waals surface area (Å²) in [4.78, 5) is 16.1. The van der Waals surface area contributed by atoms with E-state index in [0.29, 0.717) is 46.4 Å². The van der Waals surface area contributed by atoms with Gasteiger partial charge in [-0.3, -0.25) is 9.88 Å². The van der Waals surface area contributed by atoms with Gasteiger partial charge in [0.2, 0.25) is 0 Å². The highest BCUT2D eigenvalue weighted by Gasteiger charge is 2.45. The van der Waals surface area contributed by atoms with Gasteiger partial charge in [-0.15, -0.1) is 4.72 Å². The first-order valence-electron chi connectivity index (χ1n) is 13.8. The van der Waals surface area contributed by atoms with Crippen LogP contribution in [0.5, 0.6) is 6.01 Å². The Bertz CT molecular complexity index is 1570. The minimum absolute atomic E-state index is 0.00428. The fraction of sp³-hybridized carbons (Fsp3) is 0.414. The van der Waals surface area contributed by atoms with Crippen molar-refractivity contribution in [1.29, 1.82) is 0 Å². The average molecular weight is 565 g/mol. The van der Waals surface area contributed by atoms with Crippen LogP contribution in [0.1, 0.15) is 32.1 Å². The lowest BCUT2D eigenvalue weighted by atomic mass is 9.95. The van der Waals surface area contributed by atoms with Crippen molar-refractivity contribution in [3.8, 4) is 17.3 Å². The first-order chi connectivity index (χ1) is 19.5.